The van der Waals surface area contributed by atoms with Crippen molar-refractivity contribution in [3.8, 4) is 0 Å². The van der Waals surface area contributed by atoms with Crippen LogP contribution >= 0.6 is 0 Å². The van der Waals surface area contributed by atoms with Gasteiger partial charge in [0.25, 0.3) is 21.6 Å². The van der Waals surface area contributed by atoms with Crippen LogP contribution in [0.25, 0.3) is 0 Å². The van der Waals surface area contributed by atoms with Crippen molar-refractivity contribution < 1.29 is 32.5 Å². The normalized spacial score (nSPS) is 16.8. The third-order valence-electron chi connectivity index (χ3n) is 6.04. The van der Waals surface area contributed by atoms with Gasteiger partial charge in [-0.25, -0.2) is 12.7 Å². The first kappa shape index (κ1) is 27.3. The molecule has 4 amide bonds. The number of aryl methyl sites for hydroxylation is 1. The Labute approximate surface area is 212 Å². The lowest BCUT2D eigenvalue weighted by molar-refractivity contribution is -0.384. The van der Waals surface area contributed by atoms with Crippen molar-refractivity contribution in [2.75, 3.05) is 6.54 Å². The van der Waals surface area contributed by atoms with E-state index in [1.54, 1.807) is 12.1 Å². The molecule has 1 fully saturated rings. The zero-order valence-corrected chi connectivity index (χ0v) is 20.3. The van der Waals surface area contributed by atoms with Gasteiger partial charge in [0.15, 0.2) is 0 Å². The minimum Gasteiger partial charge on any atom is -0.370 e. The number of nitrogens with two attached hydrogens (primary N) is 2. The number of carbonyl (C=O) groups is 4. The topological polar surface area (TPSA) is 213 Å². The summed E-state index contributed by atoms with van der Waals surface area (Å²) in [4.78, 5) is 59.1. The highest BCUT2D eigenvalue weighted by Crippen LogP contribution is 2.27. The highest BCUT2D eigenvalue weighted by Gasteiger charge is 2.46. The van der Waals surface area contributed by atoms with Crippen LogP contribution in [0.1, 0.15) is 18.4 Å². The molecule has 1 aliphatic rings. The molecular weight excluding hydrogens is 506 g/mol. The fourth-order valence-corrected chi connectivity index (χ4v) is 5.45. The number of carbonyl (C=O) groups excluding carboxylic acids is 4. The van der Waals surface area contributed by atoms with E-state index < -0.39 is 62.9 Å². The number of primary amides is 2. The molecule has 0 bridgehead atoms. The SMILES string of the molecule is NC(=O)CC(C(N)=O)C(CCc1ccccc1)C(=O)NC1CN(S(=O)(=O)c2ccc([N+](=O)[O-])cc2)C1=O. The summed E-state index contributed by atoms with van der Waals surface area (Å²) in [6.45, 7) is -0.383. The number of hydrogen-bond acceptors (Lipinski definition) is 8. The monoisotopic (exact) mass is 531 g/mol. The number of hydrogen-bond donors (Lipinski definition) is 3. The van der Waals surface area contributed by atoms with E-state index in [1.807, 2.05) is 18.2 Å². The molecule has 5 N–H and O–H groups in total. The lowest BCUT2D eigenvalue weighted by atomic mass is 9.83. The molecule has 1 aliphatic heterocycles. The zero-order chi connectivity index (χ0) is 27.3. The van der Waals surface area contributed by atoms with Crippen molar-refractivity contribution in [3.63, 3.8) is 0 Å². The van der Waals surface area contributed by atoms with Crippen LogP contribution in [0.3, 0.4) is 0 Å². The minimum atomic E-state index is -4.30. The summed E-state index contributed by atoms with van der Waals surface area (Å²) in [6, 6.07) is 11.9. The third kappa shape index (κ3) is 6.27. The summed E-state index contributed by atoms with van der Waals surface area (Å²) in [7, 11) is -4.30. The maximum absolute atomic E-state index is 13.1. The number of β-lactam (4-membered cyclic amide) rings is 1. The Kier molecular flexibility index (Phi) is 8.22. The molecule has 196 valence electrons. The highest BCUT2D eigenvalue weighted by molar-refractivity contribution is 7.89. The molecule has 3 unspecified atom stereocenters. The first-order valence-corrected chi connectivity index (χ1v) is 12.6. The van der Waals surface area contributed by atoms with Crippen LogP contribution in [0.4, 0.5) is 5.69 Å². The average Bonchev–Trinajstić information content (AvgIpc) is 2.85. The molecule has 37 heavy (non-hydrogen) atoms. The fourth-order valence-electron chi connectivity index (χ4n) is 4.00. The van der Waals surface area contributed by atoms with Crippen LogP contribution in [-0.4, -0.2) is 53.9 Å². The summed E-state index contributed by atoms with van der Waals surface area (Å²) in [5.74, 6) is -5.73. The molecule has 13 nitrogen and oxygen atoms in total. The van der Waals surface area contributed by atoms with Gasteiger partial charge in [-0.3, -0.25) is 29.3 Å². The van der Waals surface area contributed by atoms with Gasteiger partial charge >= 0.3 is 0 Å². The molecule has 0 saturated carbocycles. The van der Waals surface area contributed by atoms with Gasteiger partial charge in [-0.15, -0.1) is 0 Å². The smallest absolute Gasteiger partial charge is 0.269 e. The average molecular weight is 532 g/mol. The van der Waals surface area contributed by atoms with E-state index in [0.29, 0.717) is 10.7 Å². The number of amides is 4. The molecule has 0 aromatic heterocycles. The summed E-state index contributed by atoms with van der Waals surface area (Å²) < 4.78 is 26.1. The summed E-state index contributed by atoms with van der Waals surface area (Å²) in [6.07, 6.45) is 0.00462. The minimum absolute atomic E-state index is 0.114. The number of nitro groups is 1. The quantitative estimate of drug-likeness (QED) is 0.190. The Morgan fingerprint density at radius 2 is 1.68 bits per heavy atom. The van der Waals surface area contributed by atoms with E-state index in [4.69, 9.17) is 11.5 Å². The first-order valence-electron chi connectivity index (χ1n) is 11.1. The van der Waals surface area contributed by atoms with Crippen LogP contribution in [0.15, 0.2) is 59.5 Å². The number of non-ortho nitro benzene ring substituents is 1. The van der Waals surface area contributed by atoms with E-state index >= 15 is 0 Å². The molecule has 0 aliphatic carbocycles. The van der Waals surface area contributed by atoms with Gasteiger partial charge in [0.2, 0.25) is 17.7 Å². The van der Waals surface area contributed by atoms with E-state index in [-0.39, 0.29) is 23.5 Å². The maximum Gasteiger partial charge on any atom is 0.269 e. The van der Waals surface area contributed by atoms with Crippen molar-refractivity contribution in [2.24, 2.45) is 23.3 Å². The summed E-state index contributed by atoms with van der Waals surface area (Å²) in [5.41, 5.74) is 11.2. The van der Waals surface area contributed by atoms with Crippen molar-refractivity contribution in [1.29, 1.82) is 0 Å². The predicted molar refractivity (Wildman–Crippen MR) is 129 cm³/mol. The second-order valence-corrected chi connectivity index (χ2v) is 10.4. The number of sulfonamides is 1. The Balaban J connectivity index is 1.73. The van der Waals surface area contributed by atoms with Gasteiger partial charge < -0.3 is 16.8 Å². The van der Waals surface area contributed by atoms with Crippen LogP contribution in [-0.2, 0) is 35.6 Å². The molecule has 2 aromatic carbocycles. The second kappa shape index (κ2) is 11.2. The number of nitrogens with one attached hydrogen (secondary N) is 1. The molecule has 0 radical (unpaired) electrons. The van der Waals surface area contributed by atoms with Crippen molar-refractivity contribution >= 4 is 39.3 Å². The Hall–Kier alpha value is -4.33. The van der Waals surface area contributed by atoms with Gasteiger partial charge in [-0.2, -0.15) is 0 Å². The number of rotatable bonds is 12. The Morgan fingerprint density at radius 1 is 1.05 bits per heavy atom. The van der Waals surface area contributed by atoms with Crippen LogP contribution < -0.4 is 16.8 Å². The maximum atomic E-state index is 13.1. The standard InChI is InChI=1S/C23H25N5O8S/c24-20(29)12-18(21(25)30)17(11-6-14-4-2-1-3-5-14)22(31)26-19-13-27(23(19)32)37(35,36)16-9-7-15(8-10-16)28(33)34/h1-5,7-10,17-19H,6,11-13H2,(H2,24,29)(H2,25,30)(H,26,31). The molecule has 1 saturated heterocycles. The largest absolute Gasteiger partial charge is 0.370 e. The summed E-state index contributed by atoms with van der Waals surface area (Å²) in [5, 5.41) is 13.2. The predicted octanol–water partition coefficient (Wildman–Crippen LogP) is -0.164. The van der Waals surface area contributed by atoms with Crippen LogP contribution in [0.2, 0.25) is 0 Å². The van der Waals surface area contributed by atoms with Crippen molar-refractivity contribution in [3.05, 3.63) is 70.3 Å². The molecule has 1 heterocycles. The lowest BCUT2D eigenvalue weighted by Crippen LogP contribution is -2.66. The molecule has 2 aromatic rings. The van der Waals surface area contributed by atoms with Crippen molar-refractivity contribution in [2.45, 2.75) is 30.2 Å². The van der Waals surface area contributed by atoms with Gasteiger partial charge in [0, 0.05) is 18.6 Å². The summed E-state index contributed by atoms with van der Waals surface area (Å²) >= 11 is 0. The van der Waals surface area contributed by atoms with E-state index in [9.17, 15) is 37.7 Å². The molecule has 3 atom stereocenters. The lowest BCUT2D eigenvalue weighted by Gasteiger charge is -2.38. The van der Waals surface area contributed by atoms with E-state index in [0.717, 1.165) is 29.8 Å². The van der Waals surface area contributed by atoms with Gasteiger partial charge in [0.1, 0.15) is 6.04 Å². The number of nitro benzene ring substituents is 1. The molecule has 0 spiro atoms. The fraction of sp³-hybridized carbons (Fsp3) is 0.304. The second-order valence-electron chi connectivity index (χ2n) is 8.50. The van der Waals surface area contributed by atoms with E-state index in [2.05, 4.69) is 5.32 Å². The highest BCUT2D eigenvalue weighted by atomic mass is 32.2. The molecule has 14 heteroatoms. The van der Waals surface area contributed by atoms with Crippen LogP contribution in [0, 0.1) is 22.0 Å². The first-order chi connectivity index (χ1) is 17.4. The van der Waals surface area contributed by atoms with Crippen molar-refractivity contribution in [1.82, 2.24) is 9.62 Å². The Morgan fingerprint density at radius 3 is 2.19 bits per heavy atom. The Bertz CT molecular complexity index is 1310. The zero-order valence-electron chi connectivity index (χ0n) is 19.5. The van der Waals surface area contributed by atoms with Crippen LogP contribution in [0.5, 0.6) is 0 Å². The van der Waals surface area contributed by atoms with Gasteiger partial charge in [-0.05, 0) is 30.5 Å². The third-order valence-corrected chi connectivity index (χ3v) is 7.82. The molecular formula is C23H25N5O8S. The van der Waals surface area contributed by atoms with Gasteiger partial charge in [0.05, 0.1) is 28.2 Å². The number of benzene rings is 2. The molecule has 3 rings (SSSR count). The van der Waals surface area contributed by atoms with E-state index in [1.165, 1.54) is 0 Å². The number of nitrogens with zero attached hydrogens (tertiary/aromatic N) is 2. The van der Waals surface area contributed by atoms with Gasteiger partial charge in [-0.1, -0.05) is 30.3 Å².